The molecule has 0 aliphatic heterocycles. The number of halogens is 2. The Morgan fingerprint density at radius 1 is 1.36 bits per heavy atom. The van der Waals surface area contributed by atoms with Gasteiger partial charge in [-0.3, -0.25) is 0 Å². The summed E-state index contributed by atoms with van der Waals surface area (Å²) < 4.78 is 0. The Morgan fingerprint density at radius 2 is 2.14 bits per heavy atom. The Kier molecular flexibility index (Phi) is 4.73. The van der Waals surface area contributed by atoms with Crippen LogP contribution in [-0.4, -0.2) is 24.5 Å². The molecule has 1 aromatic rings. The molecule has 0 aromatic heterocycles. The van der Waals surface area contributed by atoms with Gasteiger partial charge in [0.25, 0.3) is 0 Å². The third-order valence-electron chi connectivity index (χ3n) is 1.47. The lowest BCUT2D eigenvalue weighted by molar-refractivity contribution is 0.294. The molecular weight excluding hydrogens is 223 g/mol. The molecule has 1 aromatic carbocycles. The van der Waals surface area contributed by atoms with Crippen molar-refractivity contribution in [3.63, 3.8) is 0 Å². The van der Waals surface area contributed by atoms with Crippen molar-refractivity contribution in [3.8, 4) is 0 Å². The number of aliphatic hydroxyl groups is 1. The summed E-state index contributed by atoms with van der Waals surface area (Å²) >= 11 is 11.5. The summed E-state index contributed by atoms with van der Waals surface area (Å²) in [4.78, 5) is 0. The number of nitrogens with zero attached hydrogens (tertiary/aromatic N) is 1. The average Bonchev–Trinajstić information content (AvgIpc) is 2.18. The zero-order valence-electron chi connectivity index (χ0n) is 7.37. The molecule has 14 heavy (non-hydrogen) atoms. The van der Waals surface area contributed by atoms with Gasteiger partial charge in [0.2, 0.25) is 0 Å². The van der Waals surface area contributed by atoms with E-state index in [2.05, 4.69) is 10.5 Å². The number of hydrazone groups is 1. The largest absolute Gasteiger partial charge is 0.394 e. The minimum absolute atomic E-state index is 0.0543. The molecule has 3 nitrogen and oxygen atoms in total. The highest BCUT2D eigenvalue weighted by Crippen LogP contribution is 2.21. The first-order chi connectivity index (χ1) is 6.74. The van der Waals surface area contributed by atoms with Crippen molar-refractivity contribution < 1.29 is 5.11 Å². The maximum Gasteiger partial charge on any atom is 0.0620 e. The number of aliphatic hydroxyl groups excluding tert-OH is 1. The van der Waals surface area contributed by atoms with Gasteiger partial charge < -0.3 is 10.5 Å². The van der Waals surface area contributed by atoms with Gasteiger partial charge in [-0.15, -0.1) is 0 Å². The van der Waals surface area contributed by atoms with Crippen LogP contribution in [0.3, 0.4) is 0 Å². The lowest BCUT2D eigenvalue weighted by Gasteiger charge is -1.97. The second-order valence-corrected chi connectivity index (χ2v) is 3.38. The summed E-state index contributed by atoms with van der Waals surface area (Å²) in [6, 6.07) is 5.23. The number of nitrogens with one attached hydrogen (secondary N) is 1. The molecule has 0 saturated carbocycles. The minimum Gasteiger partial charge on any atom is -0.394 e. The summed E-state index contributed by atoms with van der Waals surface area (Å²) in [5.41, 5.74) is 3.51. The third kappa shape index (κ3) is 3.54. The van der Waals surface area contributed by atoms with E-state index in [1.807, 2.05) is 0 Å². The van der Waals surface area contributed by atoms with E-state index in [9.17, 15) is 0 Å². The predicted octanol–water partition coefficient (Wildman–Crippen LogP) is 1.91. The van der Waals surface area contributed by atoms with E-state index in [1.54, 1.807) is 24.4 Å². The zero-order chi connectivity index (χ0) is 10.4. The van der Waals surface area contributed by atoms with Crippen LogP contribution >= 0.6 is 23.2 Å². The van der Waals surface area contributed by atoms with E-state index in [0.717, 1.165) is 5.56 Å². The van der Waals surface area contributed by atoms with Crippen LogP contribution in [0.1, 0.15) is 5.56 Å². The molecule has 5 heteroatoms. The van der Waals surface area contributed by atoms with E-state index in [4.69, 9.17) is 28.3 Å². The Balaban J connectivity index is 2.59. The topological polar surface area (TPSA) is 44.6 Å². The highest BCUT2D eigenvalue weighted by molar-refractivity contribution is 6.42. The molecule has 0 fully saturated rings. The molecule has 0 atom stereocenters. The molecule has 0 heterocycles. The Morgan fingerprint density at radius 3 is 2.79 bits per heavy atom. The number of benzene rings is 1. The van der Waals surface area contributed by atoms with Crippen LogP contribution < -0.4 is 5.43 Å². The fraction of sp³-hybridized carbons (Fsp3) is 0.222. The first-order valence-electron chi connectivity index (χ1n) is 4.06. The van der Waals surface area contributed by atoms with Crippen LogP contribution in [0, 0.1) is 0 Å². The predicted molar refractivity (Wildman–Crippen MR) is 59.1 cm³/mol. The molecule has 0 aliphatic carbocycles. The number of rotatable bonds is 4. The molecule has 76 valence electrons. The monoisotopic (exact) mass is 232 g/mol. The van der Waals surface area contributed by atoms with Gasteiger partial charge in [0.05, 0.1) is 29.4 Å². The van der Waals surface area contributed by atoms with Crippen LogP contribution in [0.2, 0.25) is 10.0 Å². The molecule has 1 rings (SSSR count). The van der Waals surface area contributed by atoms with Gasteiger partial charge in [-0.25, -0.2) is 0 Å². The standard InChI is InChI=1S/C9H10Cl2N2O/c10-8-2-1-7(5-9(8)11)6-13-12-3-4-14/h1-2,5-6,12,14H,3-4H2. The molecule has 0 bridgehead atoms. The van der Waals surface area contributed by atoms with Crippen LogP contribution in [-0.2, 0) is 0 Å². The smallest absolute Gasteiger partial charge is 0.0620 e. The quantitative estimate of drug-likeness (QED) is 0.474. The summed E-state index contributed by atoms with van der Waals surface area (Å²) in [6.07, 6.45) is 1.61. The van der Waals surface area contributed by atoms with Gasteiger partial charge in [0.15, 0.2) is 0 Å². The van der Waals surface area contributed by atoms with Crippen molar-refractivity contribution >= 4 is 29.4 Å². The van der Waals surface area contributed by atoms with E-state index in [0.29, 0.717) is 16.6 Å². The van der Waals surface area contributed by atoms with Crippen LogP contribution in [0.5, 0.6) is 0 Å². The average molecular weight is 233 g/mol. The van der Waals surface area contributed by atoms with Gasteiger partial charge in [0, 0.05) is 0 Å². The van der Waals surface area contributed by atoms with Crippen molar-refractivity contribution in [3.05, 3.63) is 33.8 Å². The lowest BCUT2D eigenvalue weighted by Crippen LogP contribution is -2.11. The SMILES string of the molecule is OCCNN=Cc1ccc(Cl)c(Cl)c1. The summed E-state index contributed by atoms with van der Waals surface area (Å²) in [5.74, 6) is 0. The first kappa shape index (κ1) is 11.3. The van der Waals surface area contributed by atoms with Crippen molar-refractivity contribution in [1.29, 1.82) is 0 Å². The van der Waals surface area contributed by atoms with Gasteiger partial charge >= 0.3 is 0 Å². The number of hydrogen-bond donors (Lipinski definition) is 2. The van der Waals surface area contributed by atoms with Gasteiger partial charge in [-0.05, 0) is 17.7 Å². The van der Waals surface area contributed by atoms with Crippen LogP contribution in [0.4, 0.5) is 0 Å². The molecule has 0 spiro atoms. The van der Waals surface area contributed by atoms with E-state index < -0.39 is 0 Å². The molecule has 0 amide bonds. The van der Waals surface area contributed by atoms with Crippen LogP contribution in [0.15, 0.2) is 23.3 Å². The maximum absolute atomic E-state index is 8.47. The molecule has 0 radical (unpaired) electrons. The van der Waals surface area contributed by atoms with E-state index >= 15 is 0 Å². The lowest BCUT2D eigenvalue weighted by atomic mass is 10.2. The normalized spacial score (nSPS) is 10.8. The Bertz CT molecular complexity index is 329. The molecule has 0 saturated heterocycles. The van der Waals surface area contributed by atoms with Crippen molar-refractivity contribution in [2.24, 2.45) is 5.10 Å². The van der Waals surface area contributed by atoms with Crippen LogP contribution in [0.25, 0.3) is 0 Å². The summed E-state index contributed by atoms with van der Waals surface area (Å²) in [6.45, 7) is 0.483. The maximum atomic E-state index is 8.47. The molecule has 0 unspecified atom stereocenters. The highest BCUT2D eigenvalue weighted by Gasteiger charge is 1.96. The van der Waals surface area contributed by atoms with Crippen molar-refractivity contribution in [2.75, 3.05) is 13.2 Å². The summed E-state index contributed by atoms with van der Waals surface area (Å²) in [7, 11) is 0. The van der Waals surface area contributed by atoms with E-state index in [1.165, 1.54) is 0 Å². The zero-order valence-corrected chi connectivity index (χ0v) is 8.89. The van der Waals surface area contributed by atoms with Crippen molar-refractivity contribution in [1.82, 2.24) is 5.43 Å². The molecular formula is C9H10Cl2N2O. The van der Waals surface area contributed by atoms with Crippen molar-refractivity contribution in [2.45, 2.75) is 0 Å². The van der Waals surface area contributed by atoms with Gasteiger partial charge in [0.1, 0.15) is 0 Å². The fourth-order valence-electron chi connectivity index (χ4n) is 0.827. The molecule has 2 N–H and O–H groups in total. The number of hydrogen-bond acceptors (Lipinski definition) is 3. The highest BCUT2D eigenvalue weighted by atomic mass is 35.5. The fourth-order valence-corrected chi connectivity index (χ4v) is 1.13. The second kappa shape index (κ2) is 5.86. The summed E-state index contributed by atoms with van der Waals surface area (Å²) in [5, 5.41) is 13.4. The molecule has 0 aliphatic rings. The Hall–Kier alpha value is -0.770. The van der Waals surface area contributed by atoms with Gasteiger partial charge in [-0.1, -0.05) is 29.3 Å². The minimum atomic E-state index is 0.0543. The Labute approximate surface area is 92.3 Å². The third-order valence-corrected chi connectivity index (χ3v) is 2.21. The second-order valence-electron chi connectivity index (χ2n) is 2.56. The first-order valence-corrected chi connectivity index (χ1v) is 4.81. The van der Waals surface area contributed by atoms with Gasteiger partial charge in [-0.2, -0.15) is 5.10 Å². The van der Waals surface area contributed by atoms with E-state index in [-0.39, 0.29) is 6.61 Å².